The molecule has 3 heterocycles. The third-order valence-corrected chi connectivity index (χ3v) is 2.68. The van der Waals surface area contributed by atoms with E-state index in [9.17, 15) is 0 Å². The van der Waals surface area contributed by atoms with Gasteiger partial charge in [0.1, 0.15) is 6.33 Å². The van der Waals surface area contributed by atoms with Crippen LogP contribution in [-0.4, -0.2) is 56.0 Å². The van der Waals surface area contributed by atoms with Gasteiger partial charge in [-0.25, -0.2) is 0 Å². The average molecular weight is 278 g/mol. The number of aryl methyl sites for hydroxylation is 1. The van der Waals surface area contributed by atoms with E-state index in [0.717, 1.165) is 0 Å². The lowest BCUT2D eigenvalue weighted by Gasteiger charge is -2.26. The molecule has 1 aliphatic heterocycles. The van der Waals surface area contributed by atoms with Crippen molar-refractivity contribution in [2.24, 2.45) is 7.05 Å². The molecule has 1 saturated heterocycles. The predicted molar refractivity (Wildman–Crippen MR) is 68.3 cm³/mol. The van der Waals surface area contributed by atoms with Crippen LogP contribution in [0.5, 0.6) is 12.0 Å². The second-order valence-electron chi connectivity index (χ2n) is 4.18. The van der Waals surface area contributed by atoms with Crippen molar-refractivity contribution < 1.29 is 9.47 Å². The van der Waals surface area contributed by atoms with Crippen LogP contribution >= 0.6 is 0 Å². The SMILES string of the molecule is Cn1cnc(Oc2nc(N)nc(N3CCOCC3)n2)n1. The molecule has 0 aliphatic carbocycles. The number of nitrogens with two attached hydrogens (primary N) is 1. The molecule has 0 unspecified atom stereocenters. The molecule has 1 fully saturated rings. The van der Waals surface area contributed by atoms with Crippen LogP contribution in [0.4, 0.5) is 11.9 Å². The normalized spacial score (nSPS) is 15.3. The molecule has 0 saturated carbocycles. The van der Waals surface area contributed by atoms with Crippen LogP contribution in [0.3, 0.4) is 0 Å². The summed E-state index contributed by atoms with van der Waals surface area (Å²) in [6.45, 7) is 2.66. The maximum atomic E-state index is 5.68. The summed E-state index contributed by atoms with van der Waals surface area (Å²) in [6.07, 6.45) is 1.52. The first-order chi connectivity index (χ1) is 9.70. The summed E-state index contributed by atoms with van der Waals surface area (Å²) in [5, 5.41) is 3.99. The molecule has 0 bridgehead atoms. The predicted octanol–water partition coefficient (Wildman–Crippen LogP) is -0.789. The highest BCUT2D eigenvalue weighted by Gasteiger charge is 2.17. The van der Waals surface area contributed by atoms with Crippen LogP contribution in [0.15, 0.2) is 6.33 Å². The molecule has 10 heteroatoms. The molecule has 0 spiro atoms. The molecule has 1 aliphatic rings. The topological polar surface area (TPSA) is 117 Å². The van der Waals surface area contributed by atoms with Crippen molar-refractivity contribution in [3.63, 3.8) is 0 Å². The highest BCUT2D eigenvalue weighted by Crippen LogP contribution is 2.17. The van der Waals surface area contributed by atoms with Crippen LogP contribution < -0.4 is 15.4 Å². The first kappa shape index (κ1) is 12.5. The molecule has 106 valence electrons. The van der Waals surface area contributed by atoms with Crippen molar-refractivity contribution in [3.8, 4) is 12.0 Å². The van der Waals surface area contributed by atoms with Gasteiger partial charge in [0, 0.05) is 20.1 Å². The van der Waals surface area contributed by atoms with Gasteiger partial charge in [-0.15, -0.1) is 5.10 Å². The van der Waals surface area contributed by atoms with Crippen LogP contribution in [-0.2, 0) is 11.8 Å². The molecular weight excluding hydrogens is 264 g/mol. The van der Waals surface area contributed by atoms with Crippen molar-refractivity contribution in [1.29, 1.82) is 0 Å². The minimum atomic E-state index is 0.0743. The van der Waals surface area contributed by atoms with Gasteiger partial charge < -0.3 is 20.1 Å². The van der Waals surface area contributed by atoms with Gasteiger partial charge in [0.2, 0.25) is 11.9 Å². The Balaban J connectivity index is 1.82. The molecule has 10 nitrogen and oxygen atoms in total. The van der Waals surface area contributed by atoms with Crippen LogP contribution in [0.2, 0.25) is 0 Å². The van der Waals surface area contributed by atoms with Gasteiger partial charge in [-0.1, -0.05) is 0 Å². The Hall–Kier alpha value is -2.49. The maximum Gasteiger partial charge on any atom is 0.343 e. The number of morpholine rings is 1. The molecule has 20 heavy (non-hydrogen) atoms. The molecule has 2 N–H and O–H groups in total. The van der Waals surface area contributed by atoms with Crippen molar-refractivity contribution in [1.82, 2.24) is 29.7 Å². The summed E-state index contributed by atoms with van der Waals surface area (Å²) >= 11 is 0. The molecule has 0 aromatic carbocycles. The Morgan fingerprint density at radius 3 is 2.70 bits per heavy atom. The Labute approximate surface area is 114 Å². The monoisotopic (exact) mass is 278 g/mol. The lowest BCUT2D eigenvalue weighted by molar-refractivity contribution is 0.122. The first-order valence-electron chi connectivity index (χ1n) is 6.08. The molecule has 2 aromatic rings. The van der Waals surface area contributed by atoms with Crippen molar-refractivity contribution in [2.75, 3.05) is 36.9 Å². The molecule has 0 amide bonds. The largest absolute Gasteiger partial charge is 0.387 e. The first-order valence-corrected chi connectivity index (χ1v) is 6.08. The van der Waals surface area contributed by atoms with Crippen molar-refractivity contribution in [3.05, 3.63) is 6.33 Å². The molecular formula is C10H14N8O2. The van der Waals surface area contributed by atoms with E-state index >= 15 is 0 Å². The summed E-state index contributed by atoms with van der Waals surface area (Å²) in [7, 11) is 1.74. The summed E-state index contributed by atoms with van der Waals surface area (Å²) < 4.78 is 12.2. The number of anilines is 2. The minimum Gasteiger partial charge on any atom is -0.387 e. The summed E-state index contributed by atoms with van der Waals surface area (Å²) in [4.78, 5) is 18.1. The van der Waals surface area contributed by atoms with E-state index in [1.165, 1.54) is 11.0 Å². The van der Waals surface area contributed by atoms with E-state index in [4.69, 9.17) is 15.2 Å². The standard InChI is InChI=1S/C10H14N8O2/c1-17-6-12-9(16-17)20-10-14-7(11)13-8(15-10)18-2-4-19-5-3-18/h6H,2-5H2,1H3,(H2,11,13,14,15). The van der Waals surface area contributed by atoms with E-state index in [-0.39, 0.29) is 18.0 Å². The van der Waals surface area contributed by atoms with Crippen molar-refractivity contribution in [2.45, 2.75) is 0 Å². The van der Waals surface area contributed by atoms with Gasteiger partial charge in [-0.2, -0.15) is 19.9 Å². The minimum absolute atomic E-state index is 0.0743. The molecule has 2 aromatic heterocycles. The third-order valence-electron chi connectivity index (χ3n) is 2.68. The second kappa shape index (κ2) is 5.25. The summed E-state index contributed by atoms with van der Waals surface area (Å²) in [6, 6.07) is 0.233. The second-order valence-corrected chi connectivity index (χ2v) is 4.18. The number of hydrogen-bond acceptors (Lipinski definition) is 9. The number of aromatic nitrogens is 6. The number of rotatable bonds is 3. The number of hydrogen-bond donors (Lipinski definition) is 1. The lowest BCUT2D eigenvalue weighted by Crippen LogP contribution is -2.37. The zero-order chi connectivity index (χ0) is 13.9. The van der Waals surface area contributed by atoms with Crippen LogP contribution in [0.1, 0.15) is 0 Å². The zero-order valence-corrected chi connectivity index (χ0v) is 10.9. The van der Waals surface area contributed by atoms with Gasteiger partial charge in [0.05, 0.1) is 13.2 Å². The number of nitrogens with zero attached hydrogens (tertiary/aromatic N) is 7. The fourth-order valence-corrected chi connectivity index (χ4v) is 1.76. The summed E-state index contributed by atoms with van der Waals surface area (Å²) in [5.74, 6) is 0.555. The third kappa shape index (κ3) is 2.74. The van der Waals surface area contributed by atoms with Gasteiger partial charge >= 0.3 is 12.0 Å². The van der Waals surface area contributed by atoms with E-state index in [1.54, 1.807) is 7.05 Å². The van der Waals surface area contributed by atoms with Crippen molar-refractivity contribution >= 4 is 11.9 Å². The van der Waals surface area contributed by atoms with Gasteiger partial charge in [0.25, 0.3) is 0 Å². The number of nitrogen functional groups attached to an aromatic ring is 1. The highest BCUT2D eigenvalue weighted by atomic mass is 16.5. The molecule has 0 atom stereocenters. The Morgan fingerprint density at radius 1 is 1.20 bits per heavy atom. The van der Waals surface area contributed by atoms with Crippen LogP contribution in [0, 0.1) is 0 Å². The van der Waals surface area contributed by atoms with Gasteiger partial charge in [-0.05, 0) is 0 Å². The fourth-order valence-electron chi connectivity index (χ4n) is 1.76. The van der Waals surface area contributed by atoms with Gasteiger partial charge in [-0.3, -0.25) is 4.68 Å². The summed E-state index contributed by atoms with van der Waals surface area (Å²) in [5.41, 5.74) is 5.68. The average Bonchev–Trinajstić information content (AvgIpc) is 2.84. The number of ether oxygens (including phenoxy) is 2. The highest BCUT2D eigenvalue weighted by molar-refractivity contribution is 5.36. The Morgan fingerprint density at radius 2 is 2.00 bits per heavy atom. The molecule has 3 rings (SSSR count). The van der Waals surface area contributed by atoms with Crippen LogP contribution in [0.25, 0.3) is 0 Å². The van der Waals surface area contributed by atoms with Gasteiger partial charge in [0.15, 0.2) is 0 Å². The van der Waals surface area contributed by atoms with E-state index in [2.05, 4.69) is 25.0 Å². The quantitative estimate of drug-likeness (QED) is 0.770. The Bertz CT molecular complexity index is 595. The Kier molecular flexibility index (Phi) is 3.29. The smallest absolute Gasteiger partial charge is 0.343 e. The molecule has 0 radical (unpaired) electrons. The van der Waals surface area contributed by atoms with E-state index in [1.807, 2.05) is 4.90 Å². The van der Waals surface area contributed by atoms with E-state index in [0.29, 0.717) is 32.3 Å². The van der Waals surface area contributed by atoms with E-state index < -0.39 is 0 Å². The fraction of sp³-hybridized carbons (Fsp3) is 0.500. The lowest BCUT2D eigenvalue weighted by atomic mass is 10.4. The zero-order valence-electron chi connectivity index (χ0n) is 10.9. The maximum absolute atomic E-state index is 5.68.